The SMILES string of the molecule is N#Cc1cnc(CO)c2c1CCC2. The Labute approximate surface area is 76.7 Å². The first-order valence-corrected chi connectivity index (χ1v) is 4.37. The van der Waals surface area contributed by atoms with Crippen LogP contribution in [-0.2, 0) is 19.4 Å². The van der Waals surface area contributed by atoms with Crippen LogP contribution in [0.15, 0.2) is 6.20 Å². The molecule has 0 fully saturated rings. The number of aliphatic hydroxyl groups is 1. The number of hydrogen-bond acceptors (Lipinski definition) is 3. The second-order valence-electron chi connectivity index (χ2n) is 3.20. The lowest BCUT2D eigenvalue weighted by Crippen LogP contribution is -1.99. The first-order valence-electron chi connectivity index (χ1n) is 4.37. The lowest BCUT2D eigenvalue weighted by molar-refractivity contribution is 0.275. The van der Waals surface area contributed by atoms with Gasteiger partial charge in [-0.05, 0) is 30.4 Å². The highest BCUT2D eigenvalue weighted by Gasteiger charge is 2.18. The summed E-state index contributed by atoms with van der Waals surface area (Å²) in [6, 6.07) is 2.13. The second kappa shape index (κ2) is 3.15. The molecule has 0 spiro atoms. The molecule has 0 saturated carbocycles. The molecule has 3 heteroatoms. The minimum atomic E-state index is -0.0198. The van der Waals surface area contributed by atoms with Gasteiger partial charge in [-0.3, -0.25) is 4.98 Å². The Morgan fingerprint density at radius 3 is 2.92 bits per heavy atom. The smallest absolute Gasteiger partial charge is 0.101 e. The molecule has 0 aliphatic heterocycles. The van der Waals surface area contributed by atoms with Crippen LogP contribution in [0.2, 0.25) is 0 Å². The average Bonchev–Trinajstić information content (AvgIpc) is 2.64. The maximum atomic E-state index is 9.02. The zero-order valence-corrected chi connectivity index (χ0v) is 7.25. The lowest BCUT2D eigenvalue weighted by atomic mass is 10.1. The first-order chi connectivity index (χ1) is 6.36. The van der Waals surface area contributed by atoms with Crippen molar-refractivity contribution in [3.05, 3.63) is 28.6 Å². The molecule has 1 aromatic heterocycles. The van der Waals surface area contributed by atoms with Gasteiger partial charge in [0.25, 0.3) is 0 Å². The molecule has 2 rings (SSSR count). The maximum absolute atomic E-state index is 9.02. The summed E-state index contributed by atoms with van der Waals surface area (Å²) in [5.74, 6) is 0. The van der Waals surface area contributed by atoms with E-state index in [1.54, 1.807) is 6.20 Å². The van der Waals surface area contributed by atoms with E-state index in [9.17, 15) is 0 Å². The molecular formula is C10H10N2O. The van der Waals surface area contributed by atoms with Gasteiger partial charge in [0.15, 0.2) is 0 Å². The van der Waals surface area contributed by atoms with Crippen LogP contribution in [0.3, 0.4) is 0 Å². The number of rotatable bonds is 1. The van der Waals surface area contributed by atoms with E-state index in [0.717, 1.165) is 36.1 Å². The maximum Gasteiger partial charge on any atom is 0.101 e. The third kappa shape index (κ3) is 1.20. The highest BCUT2D eigenvalue weighted by Crippen LogP contribution is 2.26. The monoisotopic (exact) mass is 174 g/mol. The molecule has 1 N–H and O–H groups in total. The summed E-state index contributed by atoms with van der Waals surface area (Å²) >= 11 is 0. The summed E-state index contributed by atoms with van der Waals surface area (Å²) in [6.07, 6.45) is 4.54. The Morgan fingerprint density at radius 1 is 1.46 bits per heavy atom. The van der Waals surface area contributed by atoms with Crippen molar-refractivity contribution in [1.82, 2.24) is 4.98 Å². The molecular weight excluding hydrogens is 164 g/mol. The standard InChI is InChI=1S/C10H10N2O/c11-4-7-5-12-10(6-13)9-3-1-2-8(7)9/h5,13H,1-3,6H2. The summed E-state index contributed by atoms with van der Waals surface area (Å²) in [7, 11) is 0. The van der Waals surface area contributed by atoms with Gasteiger partial charge in [0.05, 0.1) is 17.9 Å². The molecule has 0 saturated heterocycles. The van der Waals surface area contributed by atoms with Crippen LogP contribution < -0.4 is 0 Å². The fourth-order valence-corrected chi connectivity index (χ4v) is 1.89. The van der Waals surface area contributed by atoms with Crippen LogP contribution in [0.1, 0.15) is 28.8 Å². The number of pyridine rings is 1. The first kappa shape index (κ1) is 8.21. The Morgan fingerprint density at radius 2 is 2.23 bits per heavy atom. The van der Waals surface area contributed by atoms with Gasteiger partial charge in [0, 0.05) is 6.20 Å². The van der Waals surface area contributed by atoms with Crippen molar-refractivity contribution in [2.75, 3.05) is 0 Å². The largest absolute Gasteiger partial charge is 0.390 e. The van der Waals surface area contributed by atoms with Gasteiger partial charge >= 0.3 is 0 Å². The Hall–Kier alpha value is -1.40. The quantitative estimate of drug-likeness (QED) is 0.689. The number of fused-ring (bicyclic) bond motifs is 1. The van der Waals surface area contributed by atoms with Crippen LogP contribution in [0.25, 0.3) is 0 Å². The molecule has 0 bridgehead atoms. The highest BCUT2D eigenvalue weighted by atomic mass is 16.3. The number of nitriles is 1. The number of nitrogens with zero attached hydrogens (tertiary/aromatic N) is 2. The molecule has 66 valence electrons. The topological polar surface area (TPSA) is 56.9 Å². The van der Waals surface area contributed by atoms with Crippen molar-refractivity contribution >= 4 is 0 Å². The van der Waals surface area contributed by atoms with E-state index < -0.39 is 0 Å². The zero-order valence-electron chi connectivity index (χ0n) is 7.25. The van der Waals surface area contributed by atoms with Gasteiger partial charge in [0.1, 0.15) is 6.07 Å². The fourth-order valence-electron chi connectivity index (χ4n) is 1.89. The van der Waals surface area contributed by atoms with Crippen LogP contribution in [0.4, 0.5) is 0 Å². The Balaban J connectivity index is 2.60. The van der Waals surface area contributed by atoms with E-state index in [1.807, 2.05) is 0 Å². The third-order valence-corrected chi connectivity index (χ3v) is 2.51. The van der Waals surface area contributed by atoms with Gasteiger partial charge in [-0.2, -0.15) is 5.26 Å². The van der Waals surface area contributed by atoms with Gasteiger partial charge in [0.2, 0.25) is 0 Å². The van der Waals surface area contributed by atoms with Gasteiger partial charge in [-0.25, -0.2) is 0 Å². The summed E-state index contributed by atoms with van der Waals surface area (Å²) in [6.45, 7) is -0.0198. The Kier molecular flexibility index (Phi) is 1.99. The van der Waals surface area contributed by atoms with Gasteiger partial charge in [-0.1, -0.05) is 0 Å². The van der Waals surface area contributed by atoms with E-state index in [2.05, 4.69) is 11.1 Å². The Bertz CT molecular complexity index is 379. The molecule has 0 amide bonds. The molecule has 0 atom stereocenters. The summed E-state index contributed by atoms with van der Waals surface area (Å²) in [5, 5.41) is 17.8. The molecule has 1 aromatic rings. The molecule has 0 unspecified atom stereocenters. The normalized spacial score (nSPS) is 13.8. The molecule has 0 radical (unpaired) electrons. The van der Waals surface area contributed by atoms with Crippen molar-refractivity contribution in [1.29, 1.82) is 5.26 Å². The van der Waals surface area contributed by atoms with Crippen LogP contribution in [-0.4, -0.2) is 10.1 Å². The molecule has 3 nitrogen and oxygen atoms in total. The second-order valence-corrected chi connectivity index (χ2v) is 3.20. The molecule has 13 heavy (non-hydrogen) atoms. The molecule has 1 aliphatic carbocycles. The van der Waals surface area contributed by atoms with Crippen LogP contribution in [0, 0.1) is 11.3 Å². The number of aliphatic hydroxyl groups excluding tert-OH is 1. The fraction of sp³-hybridized carbons (Fsp3) is 0.400. The van der Waals surface area contributed by atoms with Crippen LogP contribution >= 0.6 is 0 Å². The van der Waals surface area contributed by atoms with Crippen LogP contribution in [0.5, 0.6) is 0 Å². The minimum Gasteiger partial charge on any atom is -0.390 e. The number of hydrogen-bond donors (Lipinski definition) is 1. The van der Waals surface area contributed by atoms with Crippen molar-refractivity contribution in [3.8, 4) is 6.07 Å². The average molecular weight is 174 g/mol. The van der Waals surface area contributed by atoms with E-state index >= 15 is 0 Å². The van der Waals surface area contributed by atoms with Crippen molar-refractivity contribution < 1.29 is 5.11 Å². The third-order valence-electron chi connectivity index (χ3n) is 2.51. The highest BCUT2D eigenvalue weighted by molar-refractivity contribution is 5.45. The minimum absolute atomic E-state index is 0.0198. The van der Waals surface area contributed by atoms with E-state index in [0.29, 0.717) is 5.56 Å². The van der Waals surface area contributed by atoms with Crippen molar-refractivity contribution in [3.63, 3.8) is 0 Å². The predicted molar refractivity (Wildman–Crippen MR) is 46.9 cm³/mol. The molecule has 1 aliphatic rings. The lowest BCUT2D eigenvalue weighted by Gasteiger charge is -2.05. The molecule has 1 heterocycles. The summed E-state index contributed by atoms with van der Waals surface area (Å²) in [4.78, 5) is 4.07. The summed E-state index contributed by atoms with van der Waals surface area (Å²) in [5.41, 5.74) is 3.61. The zero-order chi connectivity index (χ0) is 9.26. The van der Waals surface area contributed by atoms with Crippen molar-refractivity contribution in [2.24, 2.45) is 0 Å². The van der Waals surface area contributed by atoms with Crippen molar-refractivity contribution in [2.45, 2.75) is 25.9 Å². The predicted octanol–water partition coefficient (Wildman–Crippen LogP) is 0.934. The van der Waals surface area contributed by atoms with Gasteiger partial charge in [-0.15, -0.1) is 0 Å². The molecule has 0 aromatic carbocycles. The van der Waals surface area contributed by atoms with E-state index in [1.165, 1.54) is 0 Å². The van der Waals surface area contributed by atoms with Gasteiger partial charge < -0.3 is 5.11 Å². The van der Waals surface area contributed by atoms with E-state index in [4.69, 9.17) is 10.4 Å². The summed E-state index contributed by atoms with van der Waals surface area (Å²) < 4.78 is 0. The number of aromatic nitrogens is 1. The van der Waals surface area contributed by atoms with E-state index in [-0.39, 0.29) is 6.61 Å².